The summed E-state index contributed by atoms with van der Waals surface area (Å²) in [6, 6.07) is 9.14. The summed E-state index contributed by atoms with van der Waals surface area (Å²) in [7, 11) is 2.96. The fourth-order valence-corrected chi connectivity index (χ4v) is 2.82. The average Bonchev–Trinajstić information content (AvgIpc) is 3.24. The number of hydrogen-bond donors (Lipinski definition) is 1. The lowest BCUT2D eigenvalue weighted by atomic mass is 10.2. The highest BCUT2D eigenvalue weighted by Gasteiger charge is 2.15. The van der Waals surface area contributed by atoms with Gasteiger partial charge in [-0.05, 0) is 36.2 Å². The Bertz CT molecular complexity index is 1050. The Morgan fingerprint density at radius 3 is 2.58 bits per heavy atom. The number of hydrogen-bond acceptors (Lipinski definition) is 6. The van der Waals surface area contributed by atoms with Crippen molar-refractivity contribution in [3.8, 4) is 28.7 Å². The Morgan fingerprint density at radius 2 is 1.87 bits per heavy atom. The van der Waals surface area contributed by atoms with Crippen molar-refractivity contribution in [2.24, 2.45) is 5.92 Å². The largest absolute Gasteiger partial charge is 0.496 e. The van der Waals surface area contributed by atoms with E-state index in [0.717, 1.165) is 11.6 Å². The number of rotatable bonds is 9. The van der Waals surface area contributed by atoms with Crippen molar-refractivity contribution < 1.29 is 27.8 Å². The van der Waals surface area contributed by atoms with E-state index in [1.165, 1.54) is 25.5 Å². The van der Waals surface area contributed by atoms with E-state index in [-0.39, 0.29) is 17.9 Å². The summed E-state index contributed by atoms with van der Waals surface area (Å²) in [5.41, 5.74) is 1.48. The average molecular weight is 428 g/mol. The molecule has 0 aliphatic heterocycles. The summed E-state index contributed by atoms with van der Waals surface area (Å²) >= 11 is 0. The van der Waals surface area contributed by atoms with Crippen molar-refractivity contribution >= 4 is 5.91 Å². The Morgan fingerprint density at radius 1 is 1.10 bits per heavy atom. The molecule has 31 heavy (non-hydrogen) atoms. The first-order valence-corrected chi connectivity index (χ1v) is 9.78. The molecule has 0 unspecified atom stereocenters. The molecule has 1 amide bonds. The molecule has 1 aromatic heterocycles. The van der Waals surface area contributed by atoms with Crippen molar-refractivity contribution in [1.29, 1.82) is 0 Å². The Hall–Kier alpha value is -3.55. The lowest BCUT2D eigenvalue weighted by Crippen LogP contribution is -2.23. The predicted molar refractivity (Wildman–Crippen MR) is 113 cm³/mol. The number of oxazole rings is 1. The number of benzene rings is 2. The maximum Gasteiger partial charge on any atom is 0.255 e. The van der Waals surface area contributed by atoms with E-state index in [2.05, 4.69) is 24.1 Å². The summed E-state index contributed by atoms with van der Waals surface area (Å²) in [4.78, 5) is 16.9. The highest BCUT2D eigenvalue weighted by Crippen LogP contribution is 2.32. The first-order chi connectivity index (χ1) is 14.9. The van der Waals surface area contributed by atoms with E-state index in [4.69, 9.17) is 18.6 Å². The van der Waals surface area contributed by atoms with Crippen LogP contribution in [0.4, 0.5) is 4.39 Å². The number of methoxy groups -OCH3 is 2. The van der Waals surface area contributed by atoms with Gasteiger partial charge in [-0.25, -0.2) is 9.37 Å². The second-order valence-electron chi connectivity index (χ2n) is 7.24. The molecule has 0 spiro atoms. The van der Waals surface area contributed by atoms with E-state index in [1.54, 1.807) is 19.2 Å². The number of nitrogens with one attached hydrogen (secondary N) is 1. The van der Waals surface area contributed by atoms with Crippen LogP contribution < -0.4 is 19.5 Å². The fourth-order valence-electron chi connectivity index (χ4n) is 2.82. The molecule has 0 fully saturated rings. The Labute approximate surface area is 180 Å². The quantitative estimate of drug-likeness (QED) is 0.542. The van der Waals surface area contributed by atoms with Gasteiger partial charge in [0.2, 0.25) is 5.89 Å². The molecule has 0 saturated carbocycles. The van der Waals surface area contributed by atoms with Gasteiger partial charge in [0.25, 0.3) is 5.91 Å². The van der Waals surface area contributed by atoms with E-state index in [1.807, 2.05) is 6.07 Å². The second-order valence-corrected chi connectivity index (χ2v) is 7.24. The molecule has 3 rings (SSSR count). The highest BCUT2D eigenvalue weighted by atomic mass is 19.1. The van der Waals surface area contributed by atoms with Crippen LogP contribution in [0.25, 0.3) is 11.5 Å². The third-order valence-electron chi connectivity index (χ3n) is 4.37. The van der Waals surface area contributed by atoms with E-state index in [0.29, 0.717) is 35.6 Å². The van der Waals surface area contributed by atoms with E-state index in [9.17, 15) is 9.18 Å². The Kier molecular flexibility index (Phi) is 7.12. The number of nitrogens with zero attached hydrogens (tertiary/aromatic N) is 1. The SMILES string of the molecule is COc1ccc(-c2nc(CNC(=O)c3ccc(F)cc3OC)co2)cc1OCC(C)C. The van der Waals surface area contributed by atoms with Crippen LogP contribution in [0.3, 0.4) is 0 Å². The third-order valence-corrected chi connectivity index (χ3v) is 4.37. The first kappa shape index (κ1) is 22.1. The molecule has 0 radical (unpaired) electrons. The van der Waals surface area contributed by atoms with Gasteiger partial charge in [-0.15, -0.1) is 0 Å². The zero-order chi connectivity index (χ0) is 22.4. The lowest BCUT2D eigenvalue weighted by molar-refractivity contribution is 0.0947. The Balaban J connectivity index is 1.70. The number of carbonyl (C=O) groups is 1. The summed E-state index contributed by atoms with van der Waals surface area (Å²) in [5, 5.41) is 2.73. The van der Waals surface area contributed by atoms with Gasteiger partial charge in [0.05, 0.1) is 38.6 Å². The van der Waals surface area contributed by atoms with Crippen LogP contribution >= 0.6 is 0 Å². The summed E-state index contributed by atoms with van der Waals surface area (Å²) in [5.74, 6) is 1.25. The molecule has 0 aliphatic rings. The maximum absolute atomic E-state index is 13.3. The van der Waals surface area contributed by atoms with Crippen molar-refractivity contribution in [3.63, 3.8) is 0 Å². The zero-order valence-electron chi connectivity index (χ0n) is 17.9. The minimum atomic E-state index is -0.481. The normalized spacial score (nSPS) is 10.8. The smallest absolute Gasteiger partial charge is 0.255 e. The van der Waals surface area contributed by atoms with Crippen LogP contribution in [0, 0.1) is 11.7 Å². The van der Waals surface area contributed by atoms with Crippen LogP contribution in [0.5, 0.6) is 17.2 Å². The van der Waals surface area contributed by atoms with Crippen LogP contribution in [0.15, 0.2) is 47.1 Å². The van der Waals surface area contributed by atoms with Gasteiger partial charge in [-0.1, -0.05) is 13.8 Å². The number of ether oxygens (including phenoxy) is 3. The van der Waals surface area contributed by atoms with Gasteiger partial charge in [0.15, 0.2) is 11.5 Å². The van der Waals surface area contributed by atoms with Crippen LogP contribution in [-0.2, 0) is 6.54 Å². The maximum atomic E-state index is 13.3. The topological polar surface area (TPSA) is 82.8 Å². The second kappa shape index (κ2) is 9.97. The number of carbonyl (C=O) groups excluding carboxylic acids is 1. The number of amides is 1. The highest BCUT2D eigenvalue weighted by molar-refractivity contribution is 5.96. The van der Waals surface area contributed by atoms with Crippen molar-refractivity contribution in [1.82, 2.24) is 10.3 Å². The lowest BCUT2D eigenvalue weighted by Gasteiger charge is -2.13. The van der Waals surface area contributed by atoms with Crippen LogP contribution in [0.1, 0.15) is 29.9 Å². The van der Waals surface area contributed by atoms with Crippen molar-refractivity contribution in [2.45, 2.75) is 20.4 Å². The van der Waals surface area contributed by atoms with Gasteiger partial charge in [-0.2, -0.15) is 0 Å². The van der Waals surface area contributed by atoms with Gasteiger partial charge >= 0.3 is 0 Å². The predicted octanol–water partition coefficient (Wildman–Crippen LogP) is 4.46. The van der Waals surface area contributed by atoms with Gasteiger partial charge in [0, 0.05) is 11.6 Å². The van der Waals surface area contributed by atoms with Crippen LogP contribution in [0.2, 0.25) is 0 Å². The van der Waals surface area contributed by atoms with Crippen LogP contribution in [-0.4, -0.2) is 31.7 Å². The number of aromatic nitrogens is 1. The third kappa shape index (κ3) is 5.53. The molecule has 0 saturated heterocycles. The fraction of sp³-hybridized carbons (Fsp3) is 0.304. The molecule has 1 N–H and O–H groups in total. The zero-order valence-corrected chi connectivity index (χ0v) is 17.9. The monoisotopic (exact) mass is 428 g/mol. The number of halogens is 1. The minimum absolute atomic E-state index is 0.135. The van der Waals surface area contributed by atoms with Gasteiger partial charge < -0.3 is 23.9 Å². The molecular weight excluding hydrogens is 403 g/mol. The van der Waals surface area contributed by atoms with Crippen molar-refractivity contribution in [3.05, 3.63) is 59.7 Å². The molecule has 164 valence electrons. The first-order valence-electron chi connectivity index (χ1n) is 9.78. The van der Waals surface area contributed by atoms with Gasteiger partial charge in [-0.3, -0.25) is 4.79 Å². The molecule has 0 bridgehead atoms. The summed E-state index contributed by atoms with van der Waals surface area (Å²) in [6.45, 7) is 4.81. The summed E-state index contributed by atoms with van der Waals surface area (Å²) < 4.78 is 35.1. The summed E-state index contributed by atoms with van der Waals surface area (Å²) in [6.07, 6.45) is 1.47. The molecule has 2 aromatic carbocycles. The van der Waals surface area contributed by atoms with E-state index >= 15 is 0 Å². The molecule has 7 nitrogen and oxygen atoms in total. The van der Waals surface area contributed by atoms with Crippen molar-refractivity contribution in [2.75, 3.05) is 20.8 Å². The standard InChI is InChI=1S/C23H25FN2O5/c1-14(2)12-30-21-9-15(5-8-19(21)28-3)23-26-17(13-31-23)11-25-22(27)18-7-6-16(24)10-20(18)29-4/h5-10,13-14H,11-12H2,1-4H3,(H,25,27). The molecule has 0 atom stereocenters. The molecule has 0 aliphatic carbocycles. The molecule has 8 heteroatoms. The molecule has 1 heterocycles. The van der Waals surface area contributed by atoms with E-state index < -0.39 is 11.7 Å². The van der Waals surface area contributed by atoms with Gasteiger partial charge in [0.1, 0.15) is 17.8 Å². The minimum Gasteiger partial charge on any atom is -0.496 e. The molecule has 3 aromatic rings. The molecular formula is C23H25FN2O5.